The zero-order valence-corrected chi connectivity index (χ0v) is 14.2. The minimum atomic E-state index is -0.428. The Morgan fingerprint density at radius 2 is 1.68 bits per heavy atom. The van der Waals surface area contributed by atoms with Crippen molar-refractivity contribution < 1.29 is 23.8 Å². The summed E-state index contributed by atoms with van der Waals surface area (Å²) in [6.07, 6.45) is 3.03. The highest BCUT2D eigenvalue weighted by Gasteiger charge is 2.08. The number of anilines is 1. The van der Waals surface area contributed by atoms with E-state index in [2.05, 4.69) is 10.1 Å². The molecule has 0 saturated heterocycles. The van der Waals surface area contributed by atoms with E-state index >= 15 is 0 Å². The molecule has 25 heavy (non-hydrogen) atoms. The average molecular weight is 341 g/mol. The first-order valence-electron chi connectivity index (χ1n) is 7.47. The zero-order valence-electron chi connectivity index (χ0n) is 14.2. The lowest BCUT2D eigenvalue weighted by molar-refractivity contribution is -0.111. The number of rotatable bonds is 6. The Hall–Kier alpha value is -3.28. The van der Waals surface area contributed by atoms with Crippen molar-refractivity contribution in [2.24, 2.45) is 0 Å². The van der Waals surface area contributed by atoms with Crippen molar-refractivity contribution in [2.75, 3.05) is 26.6 Å². The van der Waals surface area contributed by atoms with Gasteiger partial charge in [-0.15, -0.1) is 0 Å². The second-order valence-corrected chi connectivity index (χ2v) is 4.97. The van der Waals surface area contributed by atoms with E-state index in [1.54, 1.807) is 43.5 Å². The van der Waals surface area contributed by atoms with Crippen LogP contribution in [0, 0.1) is 0 Å². The van der Waals surface area contributed by atoms with Crippen LogP contribution in [-0.2, 0) is 9.53 Å². The van der Waals surface area contributed by atoms with Crippen molar-refractivity contribution >= 4 is 23.6 Å². The molecule has 6 nitrogen and oxygen atoms in total. The lowest BCUT2D eigenvalue weighted by Gasteiger charge is -2.09. The van der Waals surface area contributed by atoms with Crippen LogP contribution < -0.4 is 14.8 Å². The number of benzene rings is 2. The van der Waals surface area contributed by atoms with Gasteiger partial charge in [-0.25, -0.2) is 4.79 Å². The van der Waals surface area contributed by atoms with Gasteiger partial charge in [-0.05, 0) is 36.4 Å². The number of hydrogen-bond donors (Lipinski definition) is 1. The number of methoxy groups -OCH3 is 3. The van der Waals surface area contributed by atoms with Crippen LogP contribution in [0.1, 0.15) is 15.9 Å². The van der Waals surface area contributed by atoms with Gasteiger partial charge in [-0.1, -0.05) is 12.1 Å². The molecule has 0 bridgehead atoms. The van der Waals surface area contributed by atoms with Crippen molar-refractivity contribution in [3.8, 4) is 11.5 Å². The third-order valence-corrected chi connectivity index (χ3v) is 3.42. The number of para-hydroxylation sites is 1. The van der Waals surface area contributed by atoms with Crippen molar-refractivity contribution in [3.63, 3.8) is 0 Å². The molecular weight excluding hydrogens is 322 g/mol. The van der Waals surface area contributed by atoms with E-state index in [1.807, 2.05) is 12.1 Å². The van der Waals surface area contributed by atoms with Gasteiger partial charge >= 0.3 is 5.97 Å². The molecule has 0 aliphatic rings. The lowest BCUT2D eigenvalue weighted by atomic mass is 10.1. The second-order valence-electron chi connectivity index (χ2n) is 4.97. The van der Waals surface area contributed by atoms with Gasteiger partial charge in [0.2, 0.25) is 5.91 Å². The maximum atomic E-state index is 12.1. The highest BCUT2D eigenvalue weighted by atomic mass is 16.5. The van der Waals surface area contributed by atoms with Gasteiger partial charge in [0.1, 0.15) is 0 Å². The summed E-state index contributed by atoms with van der Waals surface area (Å²) in [6, 6.07) is 11.8. The van der Waals surface area contributed by atoms with Gasteiger partial charge in [-0.2, -0.15) is 0 Å². The molecule has 0 fully saturated rings. The fraction of sp³-hybridized carbons (Fsp3) is 0.158. The van der Waals surface area contributed by atoms with Crippen LogP contribution in [0.3, 0.4) is 0 Å². The molecule has 130 valence electrons. The van der Waals surface area contributed by atoms with E-state index in [0.717, 1.165) is 5.56 Å². The maximum absolute atomic E-state index is 12.1. The molecule has 0 aliphatic heterocycles. The molecule has 6 heteroatoms. The number of nitrogens with one attached hydrogen (secondary N) is 1. The van der Waals surface area contributed by atoms with Gasteiger partial charge in [0.05, 0.1) is 26.9 Å². The zero-order chi connectivity index (χ0) is 18.2. The molecule has 1 N–H and O–H groups in total. The van der Waals surface area contributed by atoms with E-state index in [-0.39, 0.29) is 5.91 Å². The third kappa shape index (κ3) is 4.60. The molecule has 0 radical (unpaired) electrons. The normalized spacial score (nSPS) is 10.4. The van der Waals surface area contributed by atoms with E-state index < -0.39 is 5.97 Å². The van der Waals surface area contributed by atoms with Crippen LogP contribution in [0.25, 0.3) is 6.08 Å². The van der Waals surface area contributed by atoms with Crippen molar-refractivity contribution in [2.45, 2.75) is 0 Å². The second kappa shape index (κ2) is 8.54. The van der Waals surface area contributed by atoms with Crippen molar-refractivity contribution in [3.05, 3.63) is 59.7 Å². The Bertz CT molecular complexity index is 781. The van der Waals surface area contributed by atoms with Gasteiger partial charge in [0, 0.05) is 17.3 Å². The summed E-state index contributed by atoms with van der Waals surface area (Å²) in [5.41, 5.74) is 1.70. The standard InChI is InChI=1S/C19H19NO5/c1-23-16-6-4-5-13(18(16)24-2)9-12-17(21)20-15-10-7-14(8-11-15)19(22)25-3/h4-12H,1-3H3,(H,20,21). The Kier molecular flexibility index (Phi) is 6.17. The van der Waals surface area contributed by atoms with Crippen LogP contribution in [0.5, 0.6) is 11.5 Å². The van der Waals surface area contributed by atoms with Gasteiger partial charge in [-0.3, -0.25) is 4.79 Å². The van der Waals surface area contributed by atoms with Gasteiger partial charge in [0.15, 0.2) is 11.5 Å². The minimum Gasteiger partial charge on any atom is -0.493 e. The summed E-state index contributed by atoms with van der Waals surface area (Å²) in [5.74, 6) is 0.401. The van der Waals surface area contributed by atoms with Crippen LogP contribution >= 0.6 is 0 Å². The van der Waals surface area contributed by atoms with Gasteiger partial charge in [0.25, 0.3) is 0 Å². The molecule has 2 aromatic rings. The van der Waals surface area contributed by atoms with Crippen LogP contribution in [0.4, 0.5) is 5.69 Å². The smallest absolute Gasteiger partial charge is 0.337 e. The predicted octanol–water partition coefficient (Wildman–Crippen LogP) is 3.14. The first kappa shape index (κ1) is 18.1. The molecule has 0 spiro atoms. The van der Waals surface area contributed by atoms with E-state index in [9.17, 15) is 9.59 Å². The molecule has 0 aromatic heterocycles. The molecule has 0 unspecified atom stereocenters. The fourth-order valence-electron chi connectivity index (χ4n) is 2.20. The van der Waals surface area contributed by atoms with E-state index in [1.165, 1.54) is 20.3 Å². The number of hydrogen-bond acceptors (Lipinski definition) is 5. The fourth-order valence-corrected chi connectivity index (χ4v) is 2.20. The van der Waals surface area contributed by atoms with Crippen LogP contribution in [-0.4, -0.2) is 33.2 Å². The van der Waals surface area contributed by atoms with Crippen LogP contribution in [0.2, 0.25) is 0 Å². The Morgan fingerprint density at radius 1 is 0.960 bits per heavy atom. The first-order valence-corrected chi connectivity index (χ1v) is 7.47. The molecular formula is C19H19NO5. The molecule has 0 atom stereocenters. The highest BCUT2D eigenvalue weighted by molar-refractivity contribution is 6.02. The Labute approximate surface area is 146 Å². The quantitative estimate of drug-likeness (QED) is 0.645. The summed E-state index contributed by atoms with van der Waals surface area (Å²) >= 11 is 0. The molecule has 2 rings (SSSR count). The Balaban J connectivity index is 2.07. The number of esters is 1. The first-order chi connectivity index (χ1) is 12.1. The molecule has 0 aliphatic carbocycles. The number of carbonyl (C=O) groups is 2. The summed E-state index contributed by atoms with van der Waals surface area (Å²) in [4.78, 5) is 23.4. The molecule has 1 amide bonds. The number of ether oxygens (including phenoxy) is 3. The highest BCUT2D eigenvalue weighted by Crippen LogP contribution is 2.31. The largest absolute Gasteiger partial charge is 0.493 e. The maximum Gasteiger partial charge on any atom is 0.337 e. The monoisotopic (exact) mass is 341 g/mol. The Morgan fingerprint density at radius 3 is 2.28 bits per heavy atom. The van der Waals surface area contributed by atoms with Gasteiger partial charge < -0.3 is 19.5 Å². The molecule has 0 heterocycles. The average Bonchev–Trinajstić information content (AvgIpc) is 2.65. The topological polar surface area (TPSA) is 73.9 Å². The minimum absolute atomic E-state index is 0.310. The van der Waals surface area contributed by atoms with Crippen LogP contribution in [0.15, 0.2) is 48.5 Å². The van der Waals surface area contributed by atoms with E-state index in [4.69, 9.17) is 9.47 Å². The number of carbonyl (C=O) groups excluding carboxylic acids is 2. The van der Waals surface area contributed by atoms with Crippen molar-refractivity contribution in [1.82, 2.24) is 0 Å². The van der Waals surface area contributed by atoms with E-state index in [0.29, 0.717) is 22.7 Å². The predicted molar refractivity (Wildman–Crippen MR) is 95.0 cm³/mol. The molecule has 2 aromatic carbocycles. The lowest BCUT2D eigenvalue weighted by Crippen LogP contribution is -2.08. The third-order valence-electron chi connectivity index (χ3n) is 3.42. The number of amides is 1. The van der Waals surface area contributed by atoms with Crippen molar-refractivity contribution in [1.29, 1.82) is 0 Å². The molecule has 0 saturated carbocycles. The SMILES string of the molecule is COC(=O)c1ccc(NC(=O)C=Cc2cccc(OC)c2OC)cc1. The summed E-state index contributed by atoms with van der Waals surface area (Å²) in [7, 11) is 4.41. The summed E-state index contributed by atoms with van der Waals surface area (Å²) in [5, 5.41) is 2.71. The summed E-state index contributed by atoms with van der Waals surface area (Å²) in [6.45, 7) is 0. The summed E-state index contributed by atoms with van der Waals surface area (Å²) < 4.78 is 15.2.